The van der Waals surface area contributed by atoms with E-state index in [4.69, 9.17) is 0 Å². The number of anilines is 1. The molecular weight excluding hydrogens is 348 g/mol. The van der Waals surface area contributed by atoms with E-state index in [1.54, 1.807) is 26.0 Å². The number of nitrogens with one attached hydrogen (secondary N) is 1. The first kappa shape index (κ1) is 20.1. The highest BCUT2D eigenvalue weighted by atomic mass is 32.2. The molecule has 0 aliphatic rings. The lowest BCUT2D eigenvalue weighted by molar-refractivity contribution is 0.102. The fourth-order valence-corrected chi connectivity index (χ4v) is 4.39. The monoisotopic (exact) mass is 374 g/mol. The third kappa shape index (κ3) is 4.31. The largest absolute Gasteiger partial charge is 0.322 e. The average Bonchev–Trinajstić information content (AvgIpc) is 2.56. The number of amides is 1. The predicted octanol–water partition coefficient (Wildman–Crippen LogP) is 3.89. The molecular formula is C20H26N2O3S. The summed E-state index contributed by atoms with van der Waals surface area (Å²) in [5.74, 6) is -0.253. The van der Waals surface area contributed by atoms with Gasteiger partial charge >= 0.3 is 0 Å². The lowest BCUT2D eigenvalue weighted by Gasteiger charge is -2.19. The van der Waals surface area contributed by atoms with E-state index in [1.807, 2.05) is 39.0 Å². The molecule has 6 heteroatoms. The molecule has 0 saturated heterocycles. The average molecular weight is 375 g/mol. The molecule has 140 valence electrons. The number of carbonyl (C=O) groups is 1. The van der Waals surface area contributed by atoms with Gasteiger partial charge in [-0.05, 0) is 50.6 Å². The quantitative estimate of drug-likeness (QED) is 0.834. The first-order chi connectivity index (χ1) is 12.2. The minimum atomic E-state index is -3.57. The van der Waals surface area contributed by atoms with Crippen LogP contribution in [0.1, 0.15) is 40.9 Å². The van der Waals surface area contributed by atoms with Gasteiger partial charge in [0, 0.05) is 24.3 Å². The van der Waals surface area contributed by atoms with Gasteiger partial charge in [-0.25, -0.2) is 8.42 Å². The molecule has 2 aromatic carbocycles. The van der Waals surface area contributed by atoms with Gasteiger partial charge in [-0.3, -0.25) is 4.79 Å². The van der Waals surface area contributed by atoms with Crippen LogP contribution in [-0.2, 0) is 10.0 Å². The maximum Gasteiger partial charge on any atom is 0.255 e. The first-order valence-corrected chi connectivity index (χ1v) is 10.1. The number of hydrogen-bond donors (Lipinski definition) is 1. The third-order valence-corrected chi connectivity index (χ3v) is 6.33. The summed E-state index contributed by atoms with van der Waals surface area (Å²) in [6.07, 6.45) is 0. The Kier molecular flexibility index (Phi) is 6.21. The summed E-state index contributed by atoms with van der Waals surface area (Å²) < 4.78 is 26.8. The third-order valence-electron chi connectivity index (χ3n) is 4.28. The fourth-order valence-electron chi connectivity index (χ4n) is 2.91. The van der Waals surface area contributed by atoms with Crippen molar-refractivity contribution < 1.29 is 13.2 Å². The topological polar surface area (TPSA) is 66.5 Å². The minimum absolute atomic E-state index is 0.183. The van der Waals surface area contributed by atoms with Crippen LogP contribution in [0.4, 0.5) is 5.69 Å². The number of benzene rings is 2. The van der Waals surface area contributed by atoms with Gasteiger partial charge in [0.2, 0.25) is 10.0 Å². The van der Waals surface area contributed by atoms with Crippen LogP contribution in [0.2, 0.25) is 0 Å². The van der Waals surface area contributed by atoms with Crippen molar-refractivity contribution in [3.8, 4) is 0 Å². The summed E-state index contributed by atoms with van der Waals surface area (Å²) in [6.45, 7) is 10.1. The van der Waals surface area contributed by atoms with E-state index in [0.717, 1.165) is 16.7 Å². The smallest absolute Gasteiger partial charge is 0.255 e. The van der Waals surface area contributed by atoms with E-state index < -0.39 is 10.0 Å². The fraction of sp³-hybridized carbons (Fsp3) is 0.350. The van der Waals surface area contributed by atoms with Crippen molar-refractivity contribution in [2.24, 2.45) is 0 Å². The molecule has 0 aliphatic heterocycles. The second kappa shape index (κ2) is 8.01. The maximum atomic E-state index is 12.7. The summed E-state index contributed by atoms with van der Waals surface area (Å²) >= 11 is 0. The molecule has 2 rings (SSSR count). The van der Waals surface area contributed by atoms with Crippen molar-refractivity contribution in [2.75, 3.05) is 18.4 Å². The number of nitrogens with zero attached hydrogens (tertiary/aromatic N) is 1. The SMILES string of the molecule is CCN(CC)S(=O)(=O)c1ccc(C)c(NC(=O)c2cc(C)cc(C)c2)c1. The number of hydrogen-bond acceptors (Lipinski definition) is 3. The van der Waals surface area contributed by atoms with Crippen LogP contribution in [0.15, 0.2) is 41.3 Å². The Balaban J connectivity index is 2.37. The molecule has 26 heavy (non-hydrogen) atoms. The van der Waals surface area contributed by atoms with Crippen molar-refractivity contribution in [1.29, 1.82) is 0 Å². The summed E-state index contributed by atoms with van der Waals surface area (Å²) in [4.78, 5) is 12.8. The highest BCUT2D eigenvalue weighted by Crippen LogP contribution is 2.24. The van der Waals surface area contributed by atoms with Gasteiger partial charge in [0.1, 0.15) is 0 Å². The molecule has 0 heterocycles. The van der Waals surface area contributed by atoms with Crippen LogP contribution >= 0.6 is 0 Å². The van der Waals surface area contributed by atoms with Crippen molar-refractivity contribution in [2.45, 2.75) is 39.5 Å². The second-order valence-electron chi connectivity index (χ2n) is 6.40. The normalized spacial score (nSPS) is 11.6. The second-order valence-corrected chi connectivity index (χ2v) is 8.33. The van der Waals surface area contributed by atoms with Crippen molar-refractivity contribution >= 4 is 21.6 Å². The number of aryl methyl sites for hydroxylation is 3. The standard InChI is InChI=1S/C20H26N2O3S/c1-6-22(7-2)26(24,25)18-9-8-16(5)19(13-18)21-20(23)17-11-14(3)10-15(4)12-17/h8-13H,6-7H2,1-5H3,(H,21,23). The molecule has 5 nitrogen and oxygen atoms in total. The zero-order chi connectivity index (χ0) is 19.5. The molecule has 0 fully saturated rings. The van der Waals surface area contributed by atoms with Gasteiger partial charge in [-0.2, -0.15) is 4.31 Å². The minimum Gasteiger partial charge on any atom is -0.322 e. The van der Waals surface area contributed by atoms with E-state index in [2.05, 4.69) is 5.32 Å². The van der Waals surface area contributed by atoms with Gasteiger partial charge in [0.25, 0.3) is 5.91 Å². The van der Waals surface area contributed by atoms with E-state index >= 15 is 0 Å². The van der Waals surface area contributed by atoms with Crippen LogP contribution in [0, 0.1) is 20.8 Å². The summed E-state index contributed by atoms with van der Waals surface area (Å²) in [6, 6.07) is 10.5. The lowest BCUT2D eigenvalue weighted by Crippen LogP contribution is -2.30. The zero-order valence-corrected chi connectivity index (χ0v) is 16.8. The molecule has 0 saturated carbocycles. The van der Waals surface area contributed by atoms with Crippen LogP contribution in [0.5, 0.6) is 0 Å². The molecule has 2 aromatic rings. The molecule has 0 radical (unpaired) electrons. The van der Waals surface area contributed by atoms with E-state index in [9.17, 15) is 13.2 Å². The molecule has 0 spiro atoms. The Morgan fingerprint density at radius 3 is 2.08 bits per heavy atom. The van der Waals surface area contributed by atoms with Gasteiger partial charge < -0.3 is 5.32 Å². The Bertz CT molecular complexity index is 896. The highest BCUT2D eigenvalue weighted by Gasteiger charge is 2.22. The number of sulfonamides is 1. The maximum absolute atomic E-state index is 12.7. The predicted molar refractivity (Wildman–Crippen MR) is 105 cm³/mol. The van der Waals surface area contributed by atoms with Crippen LogP contribution < -0.4 is 5.32 Å². The van der Waals surface area contributed by atoms with Crippen molar-refractivity contribution in [3.63, 3.8) is 0 Å². The molecule has 0 bridgehead atoms. The zero-order valence-electron chi connectivity index (χ0n) is 16.0. The molecule has 0 atom stereocenters. The number of rotatable bonds is 6. The molecule has 0 aromatic heterocycles. The molecule has 1 amide bonds. The van der Waals surface area contributed by atoms with Crippen molar-refractivity contribution in [1.82, 2.24) is 4.31 Å². The molecule has 0 unspecified atom stereocenters. The molecule has 0 aliphatic carbocycles. The Labute approximate surface area is 156 Å². The van der Waals surface area contributed by atoms with Crippen molar-refractivity contribution in [3.05, 3.63) is 58.7 Å². The number of carbonyl (C=O) groups excluding carboxylic acids is 1. The van der Waals surface area contributed by atoms with Gasteiger partial charge in [-0.15, -0.1) is 0 Å². The Hall–Kier alpha value is -2.18. The van der Waals surface area contributed by atoms with Crippen LogP contribution in [-0.4, -0.2) is 31.7 Å². The molecule has 1 N–H and O–H groups in total. The van der Waals surface area contributed by atoms with Gasteiger partial charge in [0.05, 0.1) is 4.90 Å². The van der Waals surface area contributed by atoms with Gasteiger partial charge in [0.15, 0.2) is 0 Å². The summed E-state index contributed by atoms with van der Waals surface area (Å²) in [5.41, 5.74) is 3.87. The Morgan fingerprint density at radius 2 is 1.54 bits per heavy atom. The van der Waals surface area contributed by atoms with E-state index in [1.165, 1.54) is 10.4 Å². The summed E-state index contributed by atoms with van der Waals surface area (Å²) in [5, 5.41) is 2.85. The lowest BCUT2D eigenvalue weighted by atomic mass is 10.1. The highest BCUT2D eigenvalue weighted by molar-refractivity contribution is 7.89. The first-order valence-electron chi connectivity index (χ1n) is 8.69. The van der Waals surface area contributed by atoms with E-state index in [-0.39, 0.29) is 10.8 Å². The van der Waals surface area contributed by atoms with Gasteiger partial charge in [-0.1, -0.05) is 37.1 Å². The van der Waals surface area contributed by atoms with Crippen LogP contribution in [0.25, 0.3) is 0 Å². The summed E-state index contributed by atoms with van der Waals surface area (Å²) in [7, 11) is -3.57. The van der Waals surface area contributed by atoms with Crippen LogP contribution in [0.3, 0.4) is 0 Å². The van der Waals surface area contributed by atoms with E-state index in [0.29, 0.717) is 24.3 Å². The Morgan fingerprint density at radius 1 is 0.962 bits per heavy atom.